The molecule has 0 aliphatic carbocycles. The first kappa shape index (κ1) is 22.4. The number of oxime groups is 1. The maximum absolute atomic E-state index is 11.9. The van der Waals surface area contributed by atoms with E-state index in [-0.39, 0.29) is 5.91 Å². The fourth-order valence-electron chi connectivity index (χ4n) is 2.22. The summed E-state index contributed by atoms with van der Waals surface area (Å²) in [4.78, 5) is 41.6. The van der Waals surface area contributed by atoms with Crippen LogP contribution in [0.5, 0.6) is 5.75 Å². The summed E-state index contributed by atoms with van der Waals surface area (Å²) in [5.74, 6) is -0.676. The molecule has 9 nitrogen and oxygen atoms in total. The van der Waals surface area contributed by atoms with Gasteiger partial charge in [0.2, 0.25) is 6.61 Å². The highest BCUT2D eigenvalue weighted by Crippen LogP contribution is 2.11. The number of nitrogens with zero attached hydrogens (tertiary/aromatic N) is 2. The second-order valence-corrected chi connectivity index (χ2v) is 6.27. The van der Waals surface area contributed by atoms with E-state index in [0.29, 0.717) is 17.0 Å². The van der Waals surface area contributed by atoms with Crippen LogP contribution >= 0.6 is 0 Å². The van der Waals surface area contributed by atoms with Gasteiger partial charge in [0, 0.05) is 25.3 Å². The SMILES string of the molecule is COc1ccc(/C=N\OCC(=O)OCC(=O)Nc2ccc(C(=O)N(C)C)cc2)cc1. The summed E-state index contributed by atoms with van der Waals surface area (Å²) in [6.07, 6.45) is 1.43. The van der Waals surface area contributed by atoms with Crippen LogP contribution in [0.1, 0.15) is 15.9 Å². The smallest absolute Gasteiger partial charge is 0.347 e. The van der Waals surface area contributed by atoms with Crippen molar-refractivity contribution in [3.63, 3.8) is 0 Å². The minimum absolute atomic E-state index is 0.142. The molecule has 0 aliphatic rings. The molecule has 0 fully saturated rings. The molecule has 0 aromatic heterocycles. The summed E-state index contributed by atoms with van der Waals surface area (Å²) < 4.78 is 9.87. The van der Waals surface area contributed by atoms with E-state index >= 15 is 0 Å². The van der Waals surface area contributed by atoms with Crippen LogP contribution in [0.25, 0.3) is 0 Å². The number of hydrogen-bond acceptors (Lipinski definition) is 7. The van der Waals surface area contributed by atoms with Crippen molar-refractivity contribution >= 4 is 29.7 Å². The van der Waals surface area contributed by atoms with E-state index in [0.717, 1.165) is 5.56 Å². The van der Waals surface area contributed by atoms with E-state index in [1.165, 1.54) is 11.1 Å². The molecule has 0 spiro atoms. The molecular formula is C21H23N3O6. The lowest BCUT2D eigenvalue weighted by molar-refractivity contribution is -0.151. The van der Waals surface area contributed by atoms with Crippen LogP contribution in [0, 0.1) is 0 Å². The van der Waals surface area contributed by atoms with E-state index in [2.05, 4.69) is 10.5 Å². The predicted octanol–water partition coefficient (Wildman–Crippen LogP) is 1.93. The van der Waals surface area contributed by atoms with Gasteiger partial charge in [-0.15, -0.1) is 0 Å². The zero-order valence-electron chi connectivity index (χ0n) is 17.0. The monoisotopic (exact) mass is 413 g/mol. The number of carbonyl (C=O) groups excluding carboxylic acids is 3. The highest BCUT2D eigenvalue weighted by molar-refractivity contribution is 5.96. The summed E-state index contributed by atoms with van der Waals surface area (Å²) in [7, 11) is 4.88. The van der Waals surface area contributed by atoms with Crippen molar-refractivity contribution in [2.75, 3.05) is 39.7 Å². The molecule has 0 aliphatic heterocycles. The van der Waals surface area contributed by atoms with Gasteiger partial charge in [-0.1, -0.05) is 5.16 Å². The van der Waals surface area contributed by atoms with Crippen LogP contribution in [0.3, 0.4) is 0 Å². The molecule has 2 aromatic rings. The zero-order valence-corrected chi connectivity index (χ0v) is 17.0. The lowest BCUT2D eigenvalue weighted by Crippen LogP contribution is -2.23. The Morgan fingerprint density at radius 3 is 2.27 bits per heavy atom. The molecule has 0 heterocycles. The molecule has 30 heavy (non-hydrogen) atoms. The molecule has 2 aromatic carbocycles. The van der Waals surface area contributed by atoms with Crippen molar-refractivity contribution in [1.82, 2.24) is 4.90 Å². The average molecular weight is 413 g/mol. The molecule has 2 rings (SSSR count). The second kappa shape index (κ2) is 11.2. The topological polar surface area (TPSA) is 107 Å². The van der Waals surface area contributed by atoms with Crippen LogP contribution in [-0.2, 0) is 19.2 Å². The molecule has 2 amide bonds. The highest BCUT2D eigenvalue weighted by Gasteiger charge is 2.10. The Labute approximate surface area is 174 Å². The molecule has 0 saturated heterocycles. The van der Waals surface area contributed by atoms with E-state index < -0.39 is 25.1 Å². The number of carbonyl (C=O) groups is 3. The van der Waals surface area contributed by atoms with E-state index in [1.807, 2.05) is 0 Å². The minimum atomic E-state index is -0.732. The first-order chi connectivity index (χ1) is 14.4. The number of anilines is 1. The molecule has 9 heteroatoms. The van der Waals surface area contributed by atoms with Crippen molar-refractivity contribution in [3.8, 4) is 5.75 Å². The molecule has 0 radical (unpaired) electrons. The number of benzene rings is 2. The van der Waals surface area contributed by atoms with Gasteiger partial charge in [0.05, 0.1) is 13.3 Å². The number of methoxy groups -OCH3 is 1. The van der Waals surface area contributed by atoms with Crippen molar-refractivity contribution in [2.24, 2.45) is 5.16 Å². The quantitative estimate of drug-likeness (QED) is 0.382. The van der Waals surface area contributed by atoms with Gasteiger partial charge in [0.1, 0.15) is 5.75 Å². The predicted molar refractivity (Wildman–Crippen MR) is 111 cm³/mol. The normalized spacial score (nSPS) is 10.4. The number of rotatable bonds is 9. The van der Waals surface area contributed by atoms with E-state index in [9.17, 15) is 14.4 Å². The summed E-state index contributed by atoms with van der Waals surface area (Å²) >= 11 is 0. The van der Waals surface area contributed by atoms with Crippen LogP contribution in [0.15, 0.2) is 53.7 Å². The molecular weight excluding hydrogens is 390 g/mol. The van der Waals surface area contributed by atoms with Crippen LogP contribution < -0.4 is 10.1 Å². The van der Waals surface area contributed by atoms with E-state index in [4.69, 9.17) is 14.3 Å². The van der Waals surface area contributed by atoms with Crippen LogP contribution in [-0.4, -0.2) is 63.3 Å². The van der Waals surface area contributed by atoms with Crippen LogP contribution in [0.4, 0.5) is 5.69 Å². The molecule has 0 saturated carbocycles. The van der Waals surface area contributed by atoms with Gasteiger partial charge in [0.15, 0.2) is 6.61 Å². The molecule has 1 N–H and O–H groups in total. The molecule has 0 bridgehead atoms. The van der Waals surface area contributed by atoms with Gasteiger partial charge in [-0.3, -0.25) is 9.59 Å². The third-order valence-corrected chi connectivity index (χ3v) is 3.76. The third-order valence-electron chi connectivity index (χ3n) is 3.76. The second-order valence-electron chi connectivity index (χ2n) is 6.27. The Hall–Kier alpha value is -3.88. The van der Waals surface area contributed by atoms with Crippen LogP contribution in [0.2, 0.25) is 0 Å². The Bertz CT molecular complexity index is 892. The maximum atomic E-state index is 11.9. The van der Waals surface area contributed by atoms with Crippen molar-refractivity contribution in [1.29, 1.82) is 0 Å². The summed E-state index contributed by atoms with van der Waals surface area (Å²) in [5, 5.41) is 6.24. The van der Waals surface area contributed by atoms with Crippen molar-refractivity contribution in [3.05, 3.63) is 59.7 Å². The summed E-state index contributed by atoms with van der Waals surface area (Å²) in [6.45, 7) is -0.899. The number of hydrogen-bond donors (Lipinski definition) is 1. The highest BCUT2D eigenvalue weighted by atomic mass is 16.7. The fraction of sp³-hybridized carbons (Fsp3) is 0.238. The number of ether oxygens (including phenoxy) is 2. The Kier molecular flexibility index (Phi) is 8.37. The zero-order chi connectivity index (χ0) is 21.9. The lowest BCUT2D eigenvalue weighted by Gasteiger charge is -2.11. The fourth-order valence-corrected chi connectivity index (χ4v) is 2.22. The van der Waals surface area contributed by atoms with Gasteiger partial charge < -0.3 is 24.5 Å². The third kappa shape index (κ3) is 7.27. The number of amides is 2. The lowest BCUT2D eigenvalue weighted by atomic mass is 10.2. The standard InChI is InChI=1S/C21H23N3O6/c1-24(2)21(27)16-6-8-17(9-7-16)23-19(25)13-29-20(26)14-30-22-12-15-4-10-18(28-3)11-5-15/h4-12H,13-14H2,1-3H3,(H,23,25)/b22-12-. The number of nitrogens with one attached hydrogen (secondary N) is 1. The number of esters is 1. The van der Waals surface area contributed by atoms with E-state index in [1.54, 1.807) is 69.7 Å². The van der Waals surface area contributed by atoms with Gasteiger partial charge in [0.25, 0.3) is 11.8 Å². The van der Waals surface area contributed by atoms with Gasteiger partial charge in [-0.05, 0) is 54.1 Å². The van der Waals surface area contributed by atoms with Crippen molar-refractivity contribution in [2.45, 2.75) is 0 Å². The first-order valence-corrected chi connectivity index (χ1v) is 8.95. The molecule has 0 unspecified atom stereocenters. The maximum Gasteiger partial charge on any atom is 0.347 e. The Morgan fingerprint density at radius 1 is 1.00 bits per heavy atom. The molecule has 158 valence electrons. The van der Waals surface area contributed by atoms with Gasteiger partial charge >= 0.3 is 5.97 Å². The van der Waals surface area contributed by atoms with Crippen molar-refractivity contribution < 1.29 is 28.7 Å². The summed E-state index contributed by atoms with van der Waals surface area (Å²) in [6, 6.07) is 13.5. The minimum Gasteiger partial charge on any atom is -0.497 e. The van der Waals surface area contributed by atoms with Gasteiger partial charge in [-0.25, -0.2) is 4.79 Å². The average Bonchev–Trinajstić information content (AvgIpc) is 2.75. The first-order valence-electron chi connectivity index (χ1n) is 8.95. The van der Waals surface area contributed by atoms with Gasteiger partial charge in [-0.2, -0.15) is 0 Å². The summed E-state index contributed by atoms with van der Waals surface area (Å²) in [5.41, 5.74) is 1.74. The largest absolute Gasteiger partial charge is 0.497 e. The Morgan fingerprint density at radius 2 is 1.67 bits per heavy atom. The molecule has 0 atom stereocenters. The Balaban J connectivity index is 1.69.